The Morgan fingerprint density at radius 1 is 0.897 bits per heavy atom. The summed E-state index contributed by atoms with van der Waals surface area (Å²) < 4.78 is 17.0. The molecule has 6 nitrogen and oxygen atoms in total. The maximum Gasteiger partial charge on any atom is 0.256 e. The second-order valence-corrected chi connectivity index (χ2v) is 6.24. The highest BCUT2D eigenvalue weighted by molar-refractivity contribution is 6.11. The summed E-state index contributed by atoms with van der Waals surface area (Å²) in [5.41, 5.74) is 0.700. The number of hydrogen-bond donors (Lipinski definition) is 2. The number of aromatic hydroxyl groups is 1. The maximum absolute atomic E-state index is 13.0. The standard InChI is InChI=1S/C23H25NO5/c1-4-27-19-13-16(14-20(28-5-2)22(19)29-6-3)23(26)24-21-17-10-8-7-9-15(17)11-12-18(21)25/h7-14,25H,4-6H2,1-3H3,(H,24,26). The van der Waals surface area contributed by atoms with Crippen molar-refractivity contribution in [3.05, 3.63) is 54.1 Å². The smallest absolute Gasteiger partial charge is 0.256 e. The monoisotopic (exact) mass is 395 g/mol. The molecule has 0 fully saturated rings. The fraction of sp³-hybridized carbons (Fsp3) is 0.261. The van der Waals surface area contributed by atoms with Crippen molar-refractivity contribution in [1.82, 2.24) is 0 Å². The van der Waals surface area contributed by atoms with E-state index >= 15 is 0 Å². The van der Waals surface area contributed by atoms with Crippen molar-refractivity contribution in [3.8, 4) is 23.0 Å². The molecule has 3 rings (SSSR count). The first-order chi connectivity index (χ1) is 14.1. The quantitative estimate of drug-likeness (QED) is 0.525. The van der Waals surface area contributed by atoms with Gasteiger partial charge in [-0.2, -0.15) is 0 Å². The van der Waals surface area contributed by atoms with Gasteiger partial charge in [0.2, 0.25) is 5.75 Å². The molecule has 3 aromatic rings. The lowest BCUT2D eigenvalue weighted by atomic mass is 10.1. The predicted octanol–water partition coefficient (Wildman–Crippen LogP) is 4.99. The third-order valence-electron chi connectivity index (χ3n) is 4.32. The topological polar surface area (TPSA) is 77.0 Å². The molecule has 0 aromatic heterocycles. The molecule has 0 saturated heterocycles. The molecule has 0 aliphatic carbocycles. The molecule has 2 N–H and O–H groups in total. The normalized spacial score (nSPS) is 10.6. The van der Waals surface area contributed by atoms with Crippen molar-refractivity contribution in [1.29, 1.82) is 0 Å². The number of amides is 1. The Labute approximate surface area is 170 Å². The van der Waals surface area contributed by atoms with Crippen LogP contribution in [0.1, 0.15) is 31.1 Å². The minimum atomic E-state index is -0.387. The third-order valence-corrected chi connectivity index (χ3v) is 4.32. The van der Waals surface area contributed by atoms with Gasteiger partial charge in [-0.1, -0.05) is 30.3 Å². The molecule has 0 atom stereocenters. The minimum absolute atomic E-state index is 0.00181. The van der Waals surface area contributed by atoms with E-state index in [2.05, 4.69) is 5.32 Å². The molecule has 0 saturated carbocycles. The molecule has 0 radical (unpaired) electrons. The lowest BCUT2D eigenvalue weighted by molar-refractivity contribution is 0.102. The van der Waals surface area contributed by atoms with Crippen LogP contribution in [0.5, 0.6) is 23.0 Å². The highest BCUT2D eigenvalue weighted by Crippen LogP contribution is 2.40. The molecule has 29 heavy (non-hydrogen) atoms. The minimum Gasteiger partial charge on any atom is -0.506 e. The molecular formula is C23H25NO5. The number of phenolic OH excluding ortho intramolecular Hbond substituents is 1. The number of ether oxygens (including phenoxy) is 3. The number of rotatable bonds is 8. The summed E-state index contributed by atoms with van der Waals surface area (Å²) in [4.78, 5) is 13.0. The fourth-order valence-electron chi connectivity index (χ4n) is 3.10. The molecule has 0 heterocycles. The summed E-state index contributed by atoms with van der Waals surface area (Å²) in [6, 6.07) is 14.1. The van der Waals surface area contributed by atoms with E-state index in [1.54, 1.807) is 24.3 Å². The van der Waals surface area contributed by atoms with Crippen LogP contribution in [-0.2, 0) is 0 Å². The molecule has 0 aliphatic rings. The van der Waals surface area contributed by atoms with Gasteiger partial charge in [-0.15, -0.1) is 0 Å². The van der Waals surface area contributed by atoms with E-state index in [1.807, 2.05) is 45.0 Å². The summed E-state index contributed by atoms with van der Waals surface area (Å²) in [6.07, 6.45) is 0. The van der Waals surface area contributed by atoms with Crippen molar-refractivity contribution in [2.75, 3.05) is 25.1 Å². The molecule has 0 bridgehead atoms. The molecule has 0 spiro atoms. The number of carbonyl (C=O) groups is 1. The first kappa shape index (κ1) is 20.3. The Kier molecular flexibility index (Phi) is 6.44. The van der Waals surface area contributed by atoms with E-state index in [4.69, 9.17) is 14.2 Å². The van der Waals surface area contributed by atoms with Crippen LogP contribution in [0.3, 0.4) is 0 Å². The Morgan fingerprint density at radius 3 is 2.14 bits per heavy atom. The van der Waals surface area contributed by atoms with Gasteiger partial charge in [0.05, 0.1) is 25.5 Å². The summed E-state index contributed by atoms with van der Waals surface area (Å²) in [7, 11) is 0. The van der Waals surface area contributed by atoms with Crippen molar-refractivity contribution >= 4 is 22.4 Å². The van der Waals surface area contributed by atoms with Gasteiger partial charge in [0.1, 0.15) is 5.75 Å². The second kappa shape index (κ2) is 9.19. The van der Waals surface area contributed by atoms with Crippen molar-refractivity contribution in [3.63, 3.8) is 0 Å². The molecule has 0 unspecified atom stereocenters. The Hall–Kier alpha value is -3.41. The lowest BCUT2D eigenvalue weighted by Crippen LogP contribution is -2.14. The number of anilines is 1. The average molecular weight is 395 g/mol. The fourth-order valence-corrected chi connectivity index (χ4v) is 3.10. The van der Waals surface area contributed by atoms with Gasteiger partial charge in [-0.3, -0.25) is 4.79 Å². The number of benzene rings is 3. The van der Waals surface area contributed by atoms with Crippen LogP contribution in [0.2, 0.25) is 0 Å². The summed E-state index contributed by atoms with van der Waals surface area (Å²) >= 11 is 0. The maximum atomic E-state index is 13.0. The van der Waals surface area contributed by atoms with Gasteiger partial charge in [-0.25, -0.2) is 0 Å². The molecule has 3 aromatic carbocycles. The van der Waals surface area contributed by atoms with Crippen LogP contribution >= 0.6 is 0 Å². The first-order valence-electron chi connectivity index (χ1n) is 9.67. The number of fused-ring (bicyclic) bond motifs is 1. The number of nitrogens with one attached hydrogen (secondary N) is 1. The van der Waals surface area contributed by atoms with Crippen LogP contribution in [-0.4, -0.2) is 30.8 Å². The van der Waals surface area contributed by atoms with E-state index in [-0.39, 0.29) is 11.7 Å². The van der Waals surface area contributed by atoms with E-state index in [0.29, 0.717) is 48.3 Å². The molecular weight excluding hydrogens is 370 g/mol. The van der Waals surface area contributed by atoms with Crippen molar-refractivity contribution in [2.45, 2.75) is 20.8 Å². The zero-order valence-corrected chi connectivity index (χ0v) is 16.8. The van der Waals surface area contributed by atoms with Gasteiger partial charge in [-0.05, 0) is 44.4 Å². The van der Waals surface area contributed by atoms with Crippen LogP contribution in [0, 0.1) is 0 Å². The van der Waals surface area contributed by atoms with Gasteiger partial charge in [0, 0.05) is 10.9 Å². The van der Waals surface area contributed by atoms with E-state index in [1.165, 1.54) is 0 Å². The number of carbonyl (C=O) groups excluding carboxylic acids is 1. The number of hydrogen-bond acceptors (Lipinski definition) is 5. The number of phenols is 1. The first-order valence-corrected chi connectivity index (χ1v) is 9.67. The van der Waals surface area contributed by atoms with Gasteiger partial charge in [0.25, 0.3) is 5.91 Å². The zero-order valence-electron chi connectivity index (χ0n) is 16.8. The molecule has 6 heteroatoms. The van der Waals surface area contributed by atoms with Gasteiger partial charge in [0.15, 0.2) is 11.5 Å². The van der Waals surface area contributed by atoms with Crippen LogP contribution in [0.25, 0.3) is 10.8 Å². The summed E-state index contributed by atoms with van der Waals surface area (Å²) in [6.45, 7) is 6.86. The Balaban J connectivity index is 2.02. The Morgan fingerprint density at radius 2 is 1.52 bits per heavy atom. The van der Waals surface area contributed by atoms with Gasteiger partial charge < -0.3 is 24.6 Å². The highest BCUT2D eigenvalue weighted by Gasteiger charge is 2.19. The van der Waals surface area contributed by atoms with Crippen molar-refractivity contribution in [2.24, 2.45) is 0 Å². The van der Waals surface area contributed by atoms with E-state index in [0.717, 1.165) is 10.8 Å². The summed E-state index contributed by atoms with van der Waals surface area (Å²) in [5.74, 6) is 0.959. The lowest BCUT2D eigenvalue weighted by Gasteiger charge is -2.17. The summed E-state index contributed by atoms with van der Waals surface area (Å²) in [5, 5.41) is 14.8. The zero-order chi connectivity index (χ0) is 20.8. The second-order valence-electron chi connectivity index (χ2n) is 6.24. The van der Waals surface area contributed by atoms with Crippen LogP contribution < -0.4 is 19.5 Å². The third kappa shape index (κ3) is 4.37. The van der Waals surface area contributed by atoms with Gasteiger partial charge >= 0.3 is 0 Å². The molecule has 152 valence electrons. The van der Waals surface area contributed by atoms with E-state index < -0.39 is 0 Å². The highest BCUT2D eigenvalue weighted by atomic mass is 16.5. The molecule has 1 amide bonds. The molecule has 0 aliphatic heterocycles. The van der Waals surface area contributed by atoms with Crippen LogP contribution in [0.15, 0.2) is 48.5 Å². The average Bonchev–Trinajstić information content (AvgIpc) is 2.72. The predicted molar refractivity (Wildman–Crippen MR) is 114 cm³/mol. The van der Waals surface area contributed by atoms with Crippen LogP contribution in [0.4, 0.5) is 5.69 Å². The SMILES string of the molecule is CCOc1cc(C(=O)Nc2c(O)ccc3ccccc23)cc(OCC)c1OCC. The van der Waals surface area contributed by atoms with Crippen molar-refractivity contribution < 1.29 is 24.1 Å². The van der Waals surface area contributed by atoms with E-state index in [9.17, 15) is 9.90 Å². The largest absolute Gasteiger partial charge is 0.506 e. The Bertz CT molecular complexity index is 988.